The van der Waals surface area contributed by atoms with Crippen molar-refractivity contribution in [3.8, 4) is 0 Å². The van der Waals surface area contributed by atoms with Gasteiger partial charge in [-0.25, -0.2) is 0 Å². The minimum absolute atomic E-state index is 0.915. The first kappa shape index (κ1) is 7.21. The summed E-state index contributed by atoms with van der Waals surface area (Å²) in [5, 5.41) is 9.68. The van der Waals surface area contributed by atoms with Gasteiger partial charge >= 0.3 is 0 Å². The molecule has 4 heteroatoms. The maximum Gasteiger partial charge on any atom is 0.210 e. The normalized spacial score (nSPS) is 13.2. The van der Waals surface area contributed by atoms with E-state index in [4.69, 9.17) is 0 Å². The minimum Gasteiger partial charge on any atom is -0.325 e. The highest BCUT2D eigenvalue weighted by Crippen LogP contribution is 1.85. The van der Waals surface area contributed by atoms with E-state index in [0.717, 1.165) is 4.80 Å². The molecule has 0 aliphatic rings. The van der Waals surface area contributed by atoms with E-state index in [-0.39, 0.29) is 0 Å². The van der Waals surface area contributed by atoms with Crippen molar-refractivity contribution in [3.63, 3.8) is 0 Å². The number of hydrogen-bond donors (Lipinski definition) is 0. The third kappa shape index (κ3) is 1.54. The van der Waals surface area contributed by atoms with Crippen LogP contribution in [0, 0.1) is 0 Å². The molecule has 0 aliphatic heterocycles. The van der Waals surface area contributed by atoms with E-state index in [1.165, 1.54) is 0 Å². The molecule has 0 aromatic carbocycles. The molecule has 0 amide bonds. The van der Waals surface area contributed by atoms with Crippen LogP contribution in [0.15, 0.2) is 21.8 Å². The first-order chi connectivity index (χ1) is 4.84. The predicted octanol–water partition coefficient (Wildman–Crippen LogP) is 0.993. The molecule has 0 radical (unpaired) electrons. The quantitative estimate of drug-likeness (QED) is 0.427. The summed E-state index contributed by atoms with van der Waals surface area (Å²) >= 11 is 1.57. The largest absolute Gasteiger partial charge is 0.325 e. The summed E-state index contributed by atoms with van der Waals surface area (Å²) in [6, 6.07) is 0. The number of thiazole rings is 1. The van der Waals surface area contributed by atoms with Gasteiger partial charge < -0.3 is 4.57 Å². The predicted molar refractivity (Wildman–Crippen MR) is 43.0 cm³/mol. The average Bonchev–Trinajstić information content (AvgIpc) is 2.31. The zero-order valence-corrected chi connectivity index (χ0v) is 6.80. The van der Waals surface area contributed by atoms with E-state index >= 15 is 0 Å². The van der Waals surface area contributed by atoms with Gasteiger partial charge in [-0.05, 0) is 6.92 Å². The molecule has 0 saturated heterocycles. The third-order valence-electron chi connectivity index (χ3n) is 1.02. The highest BCUT2D eigenvalue weighted by molar-refractivity contribution is 7.07. The van der Waals surface area contributed by atoms with Crippen molar-refractivity contribution < 1.29 is 0 Å². The molecule has 0 spiro atoms. The monoisotopic (exact) mass is 155 g/mol. The Balaban J connectivity index is 3.03. The zero-order chi connectivity index (χ0) is 7.40. The lowest BCUT2D eigenvalue weighted by Crippen LogP contribution is -2.07. The molecule has 0 N–H and O–H groups in total. The number of nitrogens with zero attached hydrogens (tertiary/aromatic N) is 3. The second-order valence-electron chi connectivity index (χ2n) is 1.77. The first-order valence-corrected chi connectivity index (χ1v) is 3.84. The Morgan fingerprint density at radius 2 is 2.50 bits per heavy atom. The lowest BCUT2D eigenvalue weighted by Gasteiger charge is -1.83. The van der Waals surface area contributed by atoms with Crippen LogP contribution in [0.25, 0.3) is 0 Å². The molecule has 0 unspecified atom stereocenters. The molecule has 1 rings (SSSR count). The molecule has 0 saturated carbocycles. The average molecular weight is 155 g/mol. The Labute approximate surface area is 63.4 Å². The van der Waals surface area contributed by atoms with E-state index in [2.05, 4.69) is 10.2 Å². The van der Waals surface area contributed by atoms with E-state index < -0.39 is 0 Å². The second-order valence-corrected chi connectivity index (χ2v) is 2.64. The van der Waals surface area contributed by atoms with Crippen molar-refractivity contribution in [2.24, 2.45) is 17.3 Å². The molecule has 1 aromatic rings. The van der Waals surface area contributed by atoms with Gasteiger partial charge in [0.25, 0.3) is 0 Å². The summed E-state index contributed by atoms with van der Waals surface area (Å²) in [5.74, 6) is 0. The Kier molecular flexibility index (Phi) is 2.39. The van der Waals surface area contributed by atoms with Crippen molar-refractivity contribution in [2.45, 2.75) is 6.92 Å². The number of aromatic nitrogens is 1. The highest BCUT2D eigenvalue weighted by Gasteiger charge is 1.83. The van der Waals surface area contributed by atoms with Gasteiger partial charge in [0.1, 0.15) is 0 Å². The summed E-state index contributed by atoms with van der Waals surface area (Å²) in [6.07, 6.45) is 3.62. The maximum atomic E-state index is 3.94. The molecule has 0 atom stereocenters. The standard InChI is InChI=1S/C6H9N3S/c1-3-7-8-6-9(2)4-5-10-6/h3-5H,1-2H3/b7-3+,8-6-. The highest BCUT2D eigenvalue weighted by atomic mass is 32.1. The van der Waals surface area contributed by atoms with E-state index in [1.807, 2.05) is 30.1 Å². The molecule has 3 nitrogen and oxygen atoms in total. The first-order valence-electron chi connectivity index (χ1n) is 2.96. The Morgan fingerprint density at radius 3 is 3.00 bits per heavy atom. The second kappa shape index (κ2) is 3.31. The smallest absolute Gasteiger partial charge is 0.210 e. The molecular weight excluding hydrogens is 146 g/mol. The molecule has 10 heavy (non-hydrogen) atoms. The zero-order valence-electron chi connectivity index (χ0n) is 5.98. The molecule has 1 heterocycles. The van der Waals surface area contributed by atoms with Crippen molar-refractivity contribution in [1.29, 1.82) is 0 Å². The van der Waals surface area contributed by atoms with Gasteiger partial charge in [-0.1, -0.05) is 0 Å². The van der Waals surface area contributed by atoms with Crippen molar-refractivity contribution >= 4 is 17.6 Å². The van der Waals surface area contributed by atoms with Crippen molar-refractivity contribution in [1.82, 2.24) is 4.57 Å². The van der Waals surface area contributed by atoms with Crippen LogP contribution in [-0.2, 0) is 7.05 Å². The summed E-state index contributed by atoms with van der Waals surface area (Å²) in [7, 11) is 1.94. The number of hydrogen-bond acceptors (Lipinski definition) is 3. The Bertz CT molecular complexity index is 281. The SMILES string of the molecule is C/C=N/N=c1\sccn1C. The van der Waals surface area contributed by atoms with Gasteiger partial charge in [-0.15, -0.1) is 16.4 Å². The van der Waals surface area contributed by atoms with Crippen LogP contribution in [0.2, 0.25) is 0 Å². The van der Waals surface area contributed by atoms with Crippen LogP contribution < -0.4 is 4.80 Å². The lowest BCUT2D eigenvalue weighted by molar-refractivity contribution is 0.855. The Hall–Kier alpha value is -0.900. The molecule has 0 aliphatic carbocycles. The van der Waals surface area contributed by atoms with Crippen LogP contribution in [0.4, 0.5) is 0 Å². The number of aryl methyl sites for hydroxylation is 1. The molecule has 0 bridgehead atoms. The minimum atomic E-state index is 0.915. The molecule has 54 valence electrons. The third-order valence-corrected chi connectivity index (χ3v) is 1.86. The maximum absolute atomic E-state index is 3.94. The fourth-order valence-electron chi connectivity index (χ4n) is 0.531. The topological polar surface area (TPSA) is 29.6 Å². The van der Waals surface area contributed by atoms with Gasteiger partial charge in [0.05, 0.1) is 0 Å². The summed E-state index contributed by atoms with van der Waals surface area (Å²) in [6.45, 7) is 1.84. The van der Waals surface area contributed by atoms with Gasteiger partial charge in [-0.2, -0.15) is 5.10 Å². The van der Waals surface area contributed by atoms with Gasteiger partial charge in [0, 0.05) is 24.8 Å². The van der Waals surface area contributed by atoms with Gasteiger partial charge in [-0.3, -0.25) is 0 Å². The fourth-order valence-corrected chi connectivity index (χ4v) is 1.22. The number of rotatable bonds is 1. The van der Waals surface area contributed by atoms with Crippen molar-refractivity contribution in [3.05, 3.63) is 16.4 Å². The van der Waals surface area contributed by atoms with Crippen LogP contribution in [0.3, 0.4) is 0 Å². The van der Waals surface area contributed by atoms with Gasteiger partial charge in [0.15, 0.2) is 0 Å². The van der Waals surface area contributed by atoms with Crippen LogP contribution in [-0.4, -0.2) is 10.8 Å². The van der Waals surface area contributed by atoms with Crippen LogP contribution in [0.1, 0.15) is 6.92 Å². The summed E-state index contributed by atoms with van der Waals surface area (Å²) in [4.78, 5) is 0.915. The fraction of sp³-hybridized carbons (Fsp3) is 0.333. The summed E-state index contributed by atoms with van der Waals surface area (Å²) < 4.78 is 1.93. The van der Waals surface area contributed by atoms with Gasteiger partial charge in [0.2, 0.25) is 4.80 Å². The van der Waals surface area contributed by atoms with E-state index in [0.29, 0.717) is 0 Å². The molecule has 0 fully saturated rings. The van der Waals surface area contributed by atoms with Crippen LogP contribution >= 0.6 is 11.3 Å². The molecule has 1 aromatic heterocycles. The molecular formula is C6H9N3S. The Morgan fingerprint density at radius 1 is 1.70 bits per heavy atom. The van der Waals surface area contributed by atoms with E-state index in [9.17, 15) is 0 Å². The van der Waals surface area contributed by atoms with Crippen molar-refractivity contribution in [2.75, 3.05) is 0 Å². The lowest BCUT2D eigenvalue weighted by atomic mass is 10.9. The van der Waals surface area contributed by atoms with E-state index in [1.54, 1.807) is 17.6 Å². The summed E-state index contributed by atoms with van der Waals surface area (Å²) in [5.41, 5.74) is 0. The van der Waals surface area contributed by atoms with Crippen LogP contribution in [0.5, 0.6) is 0 Å².